The normalized spacial score (nSPS) is 12.8. The minimum Gasteiger partial charge on any atom is -0.475 e. The molecular weight excluding hydrogens is 270 g/mol. The van der Waals surface area contributed by atoms with Crippen molar-refractivity contribution >= 4 is 11.6 Å². The highest BCUT2D eigenvalue weighted by Gasteiger charge is 2.23. The third-order valence-electron chi connectivity index (χ3n) is 3.08. The first kappa shape index (κ1) is 17.4. The molecule has 6 heteroatoms. The molecule has 0 bridgehead atoms. The van der Waals surface area contributed by atoms with E-state index in [1.54, 1.807) is 25.4 Å². The van der Waals surface area contributed by atoms with Crippen molar-refractivity contribution in [3.05, 3.63) is 18.3 Å². The lowest BCUT2D eigenvalue weighted by Crippen LogP contribution is -2.38. The van der Waals surface area contributed by atoms with Crippen LogP contribution in [0.5, 0.6) is 5.88 Å². The molecule has 3 N–H and O–H groups in total. The zero-order valence-electron chi connectivity index (χ0n) is 13.2. The summed E-state index contributed by atoms with van der Waals surface area (Å²) in [5, 5.41) is 2.78. The van der Waals surface area contributed by atoms with Crippen LogP contribution in [0.1, 0.15) is 27.2 Å². The SMILES string of the molecule is COCCOc1ccc(NC(=O)CC(N)C(C)(C)C)cn1. The quantitative estimate of drug-likeness (QED) is 0.749. The Balaban J connectivity index is 2.46. The number of ether oxygens (including phenoxy) is 2. The first-order valence-corrected chi connectivity index (χ1v) is 6.96. The van der Waals surface area contributed by atoms with Gasteiger partial charge in [-0.25, -0.2) is 4.98 Å². The summed E-state index contributed by atoms with van der Waals surface area (Å²) in [5.74, 6) is 0.378. The zero-order chi connectivity index (χ0) is 15.9. The third-order valence-corrected chi connectivity index (χ3v) is 3.08. The fourth-order valence-electron chi connectivity index (χ4n) is 1.49. The zero-order valence-corrected chi connectivity index (χ0v) is 13.2. The molecule has 0 aliphatic rings. The van der Waals surface area contributed by atoms with Crippen LogP contribution in [0.2, 0.25) is 0 Å². The predicted molar refractivity (Wildman–Crippen MR) is 82.3 cm³/mol. The van der Waals surface area contributed by atoms with Gasteiger partial charge in [-0.2, -0.15) is 0 Å². The second kappa shape index (κ2) is 7.95. The van der Waals surface area contributed by atoms with E-state index in [0.29, 0.717) is 24.8 Å². The second-order valence-corrected chi connectivity index (χ2v) is 5.95. The molecule has 0 saturated carbocycles. The molecule has 0 aromatic carbocycles. The van der Waals surface area contributed by atoms with Gasteiger partial charge in [0.2, 0.25) is 11.8 Å². The van der Waals surface area contributed by atoms with E-state index in [2.05, 4.69) is 10.3 Å². The van der Waals surface area contributed by atoms with Gasteiger partial charge < -0.3 is 20.5 Å². The highest BCUT2D eigenvalue weighted by Crippen LogP contribution is 2.20. The van der Waals surface area contributed by atoms with E-state index in [1.165, 1.54) is 0 Å². The summed E-state index contributed by atoms with van der Waals surface area (Å²) in [6.45, 7) is 6.98. The Bertz CT molecular complexity index is 440. The third kappa shape index (κ3) is 6.55. The molecule has 0 spiro atoms. The number of carbonyl (C=O) groups excluding carboxylic acids is 1. The Labute approximate surface area is 126 Å². The van der Waals surface area contributed by atoms with Crippen LogP contribution in [-0.4, -0.2) is 37.3 Å². The number of amides is 1. The van der Waals surface area contributed by atoms with Crippen molar-refractivity contribution in [2.24, 2.45) is 11.1 Å². The first-order valence-electron chi connectivity index (χ1n) is 6.96. The molecule has 0 aliphatic carbocycles. The van der Waals surface area contributed by atoms with Crippen LogP contribution in [0.15, 0.2) is 18.3 Å². The van der Waals surface area contributed by atoms with Gasteiger partial charge in [0.05, 0.1) is 18.5 Å². The summed E-state index contributed by atoms with van der Waals surface area (Å²) in [5.41, 5.74) is 6.51. The Morgan fingerprint density at radius 3 is 2.62 bits per heavy atom. The highest BCUT2D eigenvalue weighted by molar-refractivity contribution is 5.90. The maximum Gasteiger partial charge on any atom is 0.225 e. The van der Waals surface area contributed by atoms with E-state index in [-0.39, 0.29) is 23.8 Å². The fraction of sp³-hybridized carbons (Fsp3) is 0.600. The van der Waals surface area contributed by atoms with Crippen molar-refractivity contribution in [2.45, 2.75) is 33.2 Å². The number of nitrogens with zero attached hydrogens (tertiary/aromatic N) is 1. The average Bonchev–Trinajstić information content (AvgIpc) is 2.40. The largest absolute Gasteiger partial charge is 0.475 e. The minimum atomic E-state index is -0.192. The van der Waals surface area contributed by atoms with Gasteiger partial charge in [-0.15, -0.1) is 0 Å². The van der Waals surface area contributed by atoms with Crippen LogP contribution in [-0.2, 0) is 9.53 Å². The van der Waals surface area contributed by atoms with Crippen molar-refractivity contribution in [3.63, 3.8) is 0 Å². The molecule has 118 valence electrons. The van der Waals surface area contributed by atoms with Crippen LogP contribution in [0.25, 0.3) is 0 Å². The van der Waals surface area contributed by atoms with E-state index >= 15 is 0 Å². The molecule has 1 amide bonds. The van der Waals surface area contributed by atoms with E-state index in [0.717, 1.165) is 0 Å². The number of aromatic nitrogens is 1. The van der Waals surface area contributed by atoms with Gasteiger partial charge in [-0.05, 0) is 11.5 Å². The number of methoxy groups -OCH3 is 1. The van der Waals surface area contributed by atoms with E-state index < -0.39 is 0 Å². The van der Waals surface area contributed by atoms with Gasteiger partial charge in [0.15, 0.2) is 0 Å². The van der Waals surface area contributed by atoms with Crippen molar-refractivity contribution in [2.75, 3.05) is 25.6 Å². The molecule has 1 aromatic rings. The topological polar surface area (TPSA) is 86.5 Å². The van der Waals surface area contributed by atoms with Gasteiger partial charge in [0.25, 0.3) is 0 Å². The molecule has 1 heterocycles. The smallest absolute Gasteiger partial charge is 0.225 e. The number of anilines is 1. The molecule has 0 radical (unpaired) electrons. The second-order valence-electron chi connectivity index (χ2n) is 5.95. The van der Waals surface area contributed by atoms with Gasteiger partial charge in [-0.1, -0.05) is 20.8 Å². The highest BCUT2D eigenvalue weighted by atomic mass is 16.5. The minimum absolute atomic E-state index is 0.103. The molecule has 1 atom stereocenters. The summed E-state index contributed by atoms with van der Waals surface area (Å²) in [6.07, 6.45) is 1.83. The molecule has 6 nitrogen and oxygen atoms in total. The summed E-state index contributed by atoms with van der Waals surface area (Å²) < 4.78 is 10.2. The van der Waals surface area contributed by atoms with E-state index in [4.69, 9.17) is 15.2 Å². The summed E-state index contributed by atoms with van der Waals surface area (Å²) in [4.78, 5) is 16.0. The van der Waals surface area contributed by atoms with Crippen LogP contribution in [0.3, 0.4) is 0 Å². The number of pyridine rings is 1. The van der Waals surface area contributed by atoms with Gasteiger partial charge in [0, 0.05) is 25.6 Å². The van der Waals surface area contributed by atoms with Crippen LogP contribution in [0.4, 0.5) is 5.69 Å². The lowest BCUT2D eigenvalue weighted by Gasteiger charge is -2.26. The van der Waals surface area contributed by atoms with E-state index in [9.17, 15) is 4.79 Å². The van der Waals surface area contributed by atoms with Crippen molar-refractivity contribution in [1.82, 2.24) is 4.98 Å². The fourth-order valence-corrected chi connectivity index (χ4v) is 1.49. The van der Waals surface area contributed by atoms with Crippen LogP contribution in [0, 0.1) is 5.41 Å². The monoisotopic (exact) mass is 295 g/mol. The molecule has 0 aliphatic heterocycles. The van der Waals surface area contributed by atoms with Crippen molar-refractivity contribution < 1.29 is 14.3 Å². The molecular formula is C15H25N3O3. The molecule has 0 saturated heterocycles. The lowest BCUT2D eigenvalue weighted by atomic mass is 9.85. The Hall–Kier alpha value is -1.66. The standard InChI is InChI=1S/C15H25N3O3/c1-15(2,3)12(16)9-13(19)18-11-5-6-14(17-10-11)21-8-7-20-4/h5-6,10,12H,7-9,16H2,1-4H3,(H,18,19). The molecule has 1 rings (SSSR count). The summed E-state index contributed by atoms with van der Waals surface area (Å²) >= 11 is 0. The van der Waals surface area contributed by atoms with Gasteiger partial charge in [-0.3, -0.25) is 4.79 Å². The van der Waals surface area contributed by atoms with Crippen LogP contribution >= 0.6 is 0 Å². The van der Waals surface area contributed by atoms with Crippen LogP contribution < -0.4 is 15.8 Å². The van der Waals surface area contributed by atoms with Crippen molar-refractivity contribution in [3.8, 4) is 5.88 Å². The van der Waals surface area contributed by atoms with Gasteiger partial charge in [0.1, 0.15) is 6.61 Å². The van der Waals surface area contributed by atoms with Crippen molar-refractivity contribution in [1.29, 1.82) is 0 Å². The number of nitrogens with one attached hydrogen (secondary N) is 1. The Morgan fingerprint density at radius 2 is 2.10 bits per heavy atom. The molecule has 1 unspecified atom stereocenters. The molecule has 21 heavy (non-hydrogen) atoms. The Morgan fingerprint density at radius 1 is 1.38 bits per heavy atom. The average molecular weight is 295 g/mol. The lowest BCUT2D eigenvalue weighted by molar-refractivity contribution is -0.117. The van der Waals surface area contributed by atoms with Gasteiger partial charge >= 0.3 is 0 Å². The predicted octanol–water partition coefficient (Wildman–Crippen LogP) is 1.81. The summed E-state index contributed by atoms with van der Waals surface area (Å²) in [6, 6.07) is 3.26. The number of carbonyl (C=O) groups is 1. The molecule has 0 fully saturated rings. The number of hydrogen-bond donors (Lipinski definition) is 2. The number of hydrogen-bond acceptors (Lipinski definition) is 5. The van der Waals surface area contributed by atoms with E-state index in [1.807, 2.05) is 20.8 Å². The Kier molecular flexibility index (Phi) is 6.58. The summed E-state index contributed by atoms with van der Waals surface area (Å²) in [7, 11) is 1.61. The maximum atomic E-state index is 11.9. The maximum absolute atomic E-state index is 11.9. The first-order chi connectivity index (χ1) is 9.82. The number of rotatable bonds is 7. The molecule has 1 aromatic heterocycles. The number of nitrogens with two attached hydrogens (primary N) is 1.